The van der Waals surface area contributed by atoms with Gasteiger partial charge in [-0.3, -0.25) is 9.59 Å². The summed E-state index contributed by atoms with van der Waals surface area (Å²) in [6.07, 6.45) is 1.83. The first-order valence-corrected chi connectivity index (χ1v) is 8.94. The van der Waals surface area contributed by atoms with E-state index >= 15 is 0 Å². The van der Waals surface area contributed by atoms with Gasteiger partial charge in [0.1, 0.15) is 0 Å². The lowest BCUT2D eigenvalue weighted by Crippen LogP contribution is -2.33. The number of nitrogens with one attached hydrogen (secondary N) is 1. The van der Waals surface area contributed by atoms with Gasteiger partial charge in [-0.15, -0.1) is 11.8 Å². The van der Waals surface area contributed by atoms with Gasteiger partial charge in [-0.1, -0.05) is 42.5 Å². The molecule has 0 bridgehead atoms. The van der Waals surface area contributed by atoms with E-state index in [4.69, 9.17) is 5.11 Å². The maximum atomic E-state index is 12.5. The summed E-state index contributed by atoms with van der Waals surface area (Å²) in [7, 11) is 0. The number of hydrogen-bond acceptors (Lipinski definition) is 3. The Hall–Kier alpha value is -2.27. The van der Waals surface area contributed by atoms with Gasteiger partial charge in [-0.05, 0) is 36.4 Å². The molecule has 24 heavy (non-hydrogen) atoms. The minimum Gasteiger partial charge on any atom is -0.481 e. The normalized spacial score (nSPS) is 13.1. The van der Waals surface area contributed by atoms with Crippen molar-refractivity contribution in [1.82, 2.24) is 5.32 Å². The summed E-state index contributed by atoms with van der Waals surface area (Å²) in [4.78, 5) is 24.8. The van der Waals surface area contributed by atoms with E-state index in [9.17, 15) is 9.59 Å². The van der Waals surface area contributed by atoms with Crippen LogP contribution in [0, 0.1) is 0 Å². The molecule has 2 atom stereocenters. The van der Waals surface area contributed by atoms with Gasteiger partial charge in [0, 0.05) is 4.90 Å². The van der Waals surface area contributed by atoms with Gasteiger partial charge >= 0.3 is 5.97 Å². The molecule has 0 aromatic heterocycles. The van der Waals surface area contributed by atoms with Crippen LogP contribution in [0.5, 0.6) is 0 Å². The fraction of sp³-hybridized carbons (Fsp3) is 0.263. The first-order valence-electron chi connectivity index (χ1n) is 7.72. The molecule has 0 aliphatic heterocycles. The third kappa shape index (κ3) is 4.86. The zero-order valence-electron chi connectivity index (χ0n) is 13.7. The minimum absolute atomic E-state index is 0.147. The molecular formula is C19H21NO3S. The van der Waals surface area contributed by atoms with E-state index in [1.165, 1.54) is 0 Å². The van der Waals surface area contributed by atoms with Crippen LogP contribution >= 0.6 is 11.8 Å². The second kappa shape index (κ2) is 8.55. The maximum absolute atomic E-state index is 12.5. The third-order valence-corrected chi connectivity index (χ3v) is 4.65. The Morgan fingerprint density at radius 2 is 1.67 bits per heavy atom. The lowest BCUT2D eigenvalue weighted by Gasteiger charge is -2.20. The molecule has 126 valence electrons. The van der Waals surface area contributed by atoms with Crippen LogP contribution < -0.4 is 5.32 Å². The van der Waals surface area contributed by atoms with Gasteiger partial charge in [0.15, 0.2) is 0 Å². The Balaban J connectivity index is 2.15. The summed E-state index contributed by atoms with van der Waals surface area (Å²) in [6, 6.07) is 16.5. The predicted octanol–water partition coefficient (Wildman–Crippen LogP) is 3.84. The summed E-state index contributed by atoms with van der Waals surface area (Å²) >= 11 is 1.62. The van der Waals surface area contributed by atoms with Gasteiger partial charge in [-0.2, -0.15) is 0 Å². The molecule has 2 rings (SSSR count). The van der Waals surface area contributed by atoms with Crippen LogP contribution in [0.15, 0.2) is 59.5 Å². The number of carbonyl (C=O) groups excluding carboxylic acids is 1. The van der Waals surface area contributed by atoms with Gasteiger partial charge < -0.3 is 10.4 Å². The molecule has 1 unspecified atom stereocenters. The molecule has 0 saturated carbocycles. The molecular weight excluding hydrogens is 322 g/mol. The van der Waals surface area contributed by atoms with Crippen LogP contribution in [0.2, 0.25) is 0 Å². The number of aliphatic carboxylic acids is 1. The number of amides is 1. The number of benzene rings is 2. The van der Waals surface area contributed by atoms with E-state index < -0.39 is 12.0 Å². The van der Waals surface area contributed by atoms with E-state index in [-0.39, 0.29) is 18.2 Å². The van der Waals surface area contributed by atoms with Crippen molar-refractivity contribution in [2.75, 3.05) is 6.26 Å². The molecule has 0 aliphatic carbocycles. The Morgan fingerprint density at radius 1 is 1.04 bits per heavy atom. The maximum Gasteiger partial charge on any atom is 0.305 e. The van der Waals surface area contributed by atoms with Crippen molar-refractivity contribution in [3.05, 3.63) is 65.7 Å². The standard InChI is InChI=1S/C19H21NO3S/c1-13(14-6-4-3-5-7-14)19(23)20-17(12-18(21)22)15-8-10-16(24-2)11-9-15/h3-11,13,17H,12H2,1-2H3,(H,20,23)(H,21,22)/t13-,17?/m1/s1. The molecule has 1 amide bonds. The Kier molecular flexibility index (Phi) is 6.44. The van der Waals surface area contributed by atoms with Crippen LogP contribution in [0.3, 0.4) is 0 Å². The minimum atomic E-state index is -0.943. The van der Waals surface area contributed by atoms with E-state index in [1.807, 2.05) is 67.8 Å². The second-order valence-electron chi connectivity index (χ2n) is 5.56. The summed E-state index contributed by atoms with van der Waals surface area (Å²) < 4.78 is 0. The average molecular weight is 343 g/mol. The lowest BCUT2D eigenvalue weighted by molar-refractivity contribution is -0.137. The number of thioether (sulfide) groups is 1. The Bertz CT molecular complexity index is 686. The largest absolute Gasteiger partial charge is 0.481 e. The van der Waals surface area contributed by atoms with Crippen molar-refractivity contribution >= 4 is 23.6 Å². The highest BCUT2D eigenvalue weighted by Crippen LogP contribution is 2.23. The lowest BCUT2D eigenvalue weighted by atomic mass is 9.98. The Labute approximate surface area is 146 Å². The second-order valence-corrected chi connectivity index (χ2v) is 6.44. The summed E-state index contributed by atoms with van der Waals surface area (Å²) in [6.45, 7) is 1.82. The number of carboxylic acids is 1. The average Bonchev–Trinajstić information content (AvgIpc) is 2.61. The molecule has 4 nitrogen and oxygen atoms in total. The van der Waals surface area contributed by atoms with Crippen molar-refractivity contribution in [3.8, 4) is 0 Å². The van der Waals surface area contributed by atoms with E-state index in [0.717, 1.165) is 16.0 Å². The smallest absolute Gasteiger partial charge is 0.305 e. The van der Waals surface area contributed by atoms with Gasteiger partial charge in [0.05, 0.1) is 18.4 Å². The summed E-state index contributed by atoms with van der Waals surface area (Å²) in [5.41, 5.74) is 1.70. The molecule has 2 N–H and O–H groups in total. The summed E-state index contributed by atoms with van der Waals surface area (Å²) in [5.74, 6) is -1.46. The van der Waals surface area contributed by atoms with Crippen molar-refractivity contribution in [1.29, 1.82) is 0 Å². The molecule has 0 spiro atoms. The number of carboxylic acid groups (broad SMARTS) is 1. The molecule has 5 heteroatoms. The molecule has 0 saturated heterocycles. The van der Waals surface area contributed by atoms with Gasteiger partial charge in [0.25, 0.3) is 0 Å². The Morgan fingerprint density at radius 3 is 2.21 bits per heavy atom. The highest BCUT2D eigenvalue weighted by Gasteiger charge is 2.22. The highest BCUT2D eigenvalue weighted by molar-refractivity contribution is 7.98. The fourth-order valence-corrected chi connectivity index (χ4v) is 2.86. The molecule has 0 aliphatic rings. The van der Waals surface area contributed by atoms with E-state index in [1.54, 1.807) is 11.8 Å². The number of carbonyl (C=O) groups is 2. The zero-order chi connectivity index (χ0) is 17.5. The van der Waals surface area contributed by atoms with Gasteiger partial charge in [-0.25, -0.2) is 0 Å². The first-order chi connectivity index (χ1) is 11.5. The molecule has 0 radical (unpaired) electrons. The quantitative estimate of drug-likeness (QED) is 0.750. The van der Waals surface area contributed by atoms with Crippen molar-refractivity contribution < 1.29 is 14.7 Å². The van der Waals surface area contributed by atoms with Crippen LogP contribution in [-0.4, -0.2) is 23.2 Å². The number of hydrogen-bond donors (Lipinski definition) is 2. The molecule has 2 aromatic rings. The van der Waals surface area contributed by atoms with Gasteiger partial charge in [0.2, 0.25) is 5.91 Å². The monoisotopic (exact) mass is 343 g/mol. The molecule has 2 aromatic carbocycles. The van der Waals surface area contributed by atoms with E-state index in [2.05, 4.69) is 5.32 Å². The predicted molar refractivity (Wildman–Crippen MR) is 96.2 cm³/mol. The molecule has 0 fully saturated rings. The fourth-order valence-electron chi connectivity index (χ4n) is 2.45. The van der Waals surface area contributed by atoms with Crippen LogP contribution in [0.4, 0.5) is 0 Å². The first kappa shape index (κ1) is 18.1. The van der Waals surface area contributed by atoms with Crippen LogP contribution in [-0.2, 0) is 9.59 Å². The number of rotatable bonds is 7. The summed E-state index contributed by atoms with van der Waals surface area (Å²) in [5, 5.41) is 12.0. The van der Waals surface area contributed by atoms with Crippen molar-refractivity contribution in [3.63, 3.8) is 0 Å². The van der Waals surface area contributed by atoms with Crippen molar-refractivity contribution in [2.24, 2.45) is 0 Å². The third-order valence-electron chi connectivity index (χ3n) is 3.91. The SMILES string of the molecule is CSc1ccc(C(CC(=O)O)NC(=O)[C@H](C)c2ccccc2)cc1. The van der Waals surface area contributed by atoms with Crippen LogP contribution in [0.25, 0.3) is 0 Å². The molecule has 0 heterocycles. The highest BCUT2D eigenvalue weighted by atomic mass is 32.2. The van der Waals surface area contributed by atoms with E-state index in [0.29, 0.717) is 0 Å². The topological polar surface area (TPSA) is 66.4 Å². The van der Waals surface area contributed by atoms with Crippen LogP contribution in [0.1, 0.15) is 36.4 Å². The zero-order valence-corrected chi connectivity index (χ0v) is 14.5. The van der Waals surface area contributed by atoms with Crippen molar-refractivity contribution in [2.45, 2.75) is 30.2 Å².